The van der Waals surface area contributed by atoms with Crippen molar-refractivity contribution in [2.75, 3.05) is 32.9 Å². The molecule has 0 saturated carbocycles. The van der Waals surface area contributed by atoms with Gasteiger partial charge in [0, 0.05) is 32.0 Å². The fourth-order valence-corrected chi connectivity index (χ4v) is 3.85. The van der Waals surface area contributed by atoms with Gasteiger partial charge in [0.2, 0.25) is 5.91 Å². The van der Waals surface area contributed by atoms with E-state index >= 15 is 0 Å². The minimum atomic E-state index is 0.0552. The Hall–Kier alpha value is -2.41. The highest BCUT2D eigenvalue weighted by molar-refractivity contribution is 5.77. The molecule has 0 spiro atoms. The van der Waals surface area contributed by atoms with E-state index in [0.717, 1.165) is 56.3 Å². The van der Waals surface area contributed by atoms with E-state index in [0.29, 0.717) is 19.1 Å². The third kappa shape index (κ3) is 4.30. The van der Waals surface area contributed by atoms with Crippen LogP contribution in [0.3, 0.4) is 0 Å². The van der Waals surface area contributed by atoms with Crippen molar-refractivity contribution < 1.29 is 14.3 Å². The van der Waals surface area contributed by atoms with Crippen LogP contribution in [-0.4, -0.2) is 58.5 Å². The Morgan fingerprint density at radius 2 is 1.89 bits per heavy atom. The summed E-state index contributed by atoms with van der Waals surface area (Å²) in [5, 5.41) is 8.70. The second kappa shape index (κ2) is 8.52. The molecule has 0 aliphatic carbocycles. The zero-order valence-corrected chi connectivity index (χ0v) is 15.5. The summed E-state index contributed by atoms with van der Waals surface area (Å²) in [5.41, 5.74) is 0. The monoisotopic (exact) mass is 370 g/mol. The summed E-state index contributed by atoms with van der Waals surface area (Å²) in [4.78, 5) is 14.2. The second-order valence-corrected chi connectivity index (χ2v) is 7.10. The maximum absolute atomic E-state index is 12.3. The van der Waals surface area contributed by atoms with Crippen molar-refractivity contribution in [3.8, 4) is 5.75 Å². The van der Waals surface area contributed by atoms with Gasteiger partial charge in [0.1, 0.15) is 30.6 Å². The maximum Gasteiger partial charge on any atom is 0.248 e. The van der Waals surface area contributed by atoms with Gasteiger partial charge in [-0.15, -0.1) is 10.2 Å². The van der Waals surface area contributed by atoms with E-state index in [2.05, 4.69) is 14.8 Å². The first-order valence-corrected chi connectivity index (χ1v) is 9.76. The molecule has 1 fully saturated rings. The second-order valence-electron chi connectivity index (χ2n) is 7.10. The molecule has 2 aliphatic heterocycles. The zero-order chi connectivity index (χ0) is 18.5. The standard InChI is InChI=1S/C20H26N4O3/c25-19(15-26-13-14-27-17-5-2-1-3-6-17)23-11-8-16(9-12-23)20-22-21-18-7-4-10-24(18)20/h1-3,5-6,16H,4,7-15H2. The van der Waals surface area contributed by atoms with Crippen molar-refractivity contribution in [3.05, 3.63) is 42.0 Å². The number of hydrogen-bond donors (Lipinski definition) is 0. The topological polar surface area (TPSA) is 69.5 Å². The summed E-state index contributed by atoms with van der Waals surface area (Å²) in [7, 11) is 0. The van der Waals surface area contributed by atoms with Gasteiger partial charge in [-0.05, 0) is 31.4 Å². The lowest BCUT2D eigenvalue weighted by Gasteiger charge is -2.31. The van der Waals surface area contributed by atoms with Crippen molar-refractivity contribution in [1.29, 1.82) is 0 Å². The SMILES string of the molecule is O=C(COCCOc1ccccc1)N1CCC(c2nnc3n2CCC3)CC1. The first-order valence-electron chi connectivity index (χ1n) is 9.76. The minimum Gasteiger partial charge on any atom is -0.491 e. The van der Waals surface area contributed by atoms with Gasteiger partial charge in [-0.25, -0.2) is 0 Å². The molecule has 27 heavy (non-hydrogen) atoms. The van der Waals surface area contributed by atoms with E-state index < -0.39 is 0 Å². The number of carbonyl (C=O) groups is 1. The van der Waals surface area contributed by atoms with Crippen LogP contribution in [0, 0.1) is 0 Å². The molecule has 3 heterocycles. The molecule has 0 atom stereocenters. The molecule has 0 N–H and O–H groups in total. The van der Waals surface area contributed by atoms with E-state index in [1.54, 1.807) is 0 Å². The van der Waals surface area contributed by atoms with Crippen molar-refractivity contribution in [3.63, 3.8) is 0 Å². The molecular weight excluding hydrogens is 344 g/mol. The molecule has 1 saturated heterocycles. The molecule has 0 bridgehead atoms. The number of aromatic nitrogens is 3. The van der Waals surface area contributed by atoms with E-state index in [1.807, 2.05) is 35.2 Å². The van der Waals surface area contributed by atoms with Gasteiger partial charge in [-0.1, -0.05) is 18.2 Å². The predicted molar refractivity (Wildman–Crippen MR) is 99.7 cm³/mol. The van der Waals surface area contributed by atoms with Crippen LogP contribution in [0.5, 0.6) is 5.75 Å². The number of hydrogen-bond acceptors (Lipinski definition) is 5. The van der Waals surface area contributed by atoms with E-state index in [4.69, 9.17) is 9.47 Å². The number of benzene rings is 1. The molecule has 2 aliphatic rings. The summed E-state index contributed by atoms with van der Waals surface area (Å²) in [5.74, 6) is 3.52. The average molecular weight is 370 g/mol. The van der Waals surface area contributed by atoms with Gasteiger partial charge in [-0.3, -0.25) is 4.79 Å². The third-order valence-electron chi connectivity index (χ3n) is 5.32. The normalized spacial score (nSPS) is 17.1. The lowest BCUT2D eigenvalue weighted by molar-refractivity contribution is -0.137. The molecule has 7 heteroatoms. The maximum atomic E-state index is 12.3. The van der Waals surface area contributed by atoms with Crippen LogP contribution < -0.4 is 4.74 Å². The number of carbonyl (C=O) groups excluding carboxylic acids is 1. The van der Waals surface area contributed by atoms with Crippen LogP contribution in [-0.2, 0) is 22.5 Å². The van der Waals surface area contributed by atoms with Crippen LogP contribution in [0.15, 0.2) is 30.3 Å². The highest BCUT2D eigenvalue weighted by atomic mass is 16.5. The highest BCUT2D eigenvalue weighted by Crippen LogP contribution is 2.29. The van der Waals surface area contributed by atoms with E-state index in [1.165, 1.54) is 6.42 Å². The minimum absolute atomic E-state index is 0.0552. The quantitative estimate of drug-likeness (QED) is 0.698. The summed E-state index contributed by atoms with van der Waals surface area (Å²) in [6.45, 7) is 3.52. The molecule has 0 unspecified atom stereocenters. The van der Waals surface area contributed by atoms with Crippen molar-refractivity contribution >= 4 is 5.91 Å². The Balaban J connectivity index is 1.15. The molecular formula is C20H26N4O3. The summed E-state index contributed by atoms with van der Waals surface area (Å²) in [6, 6.07) is 9.61. The first kappa shape index (κ1) is 18.0. The Bertz CT molecular complexity index is 754. The van der Waals surface area contributed by atoms with Crippen LogP contribution in [0.4, 0.5) is 0 Å². The first-order chi connectivity index (χ1) is 13.3. The Morgan fingerprint density at radius 3 is 2.70 bits per heavy atom. The smallest absolute Gasteiger partial charge is 0.248 e. The fraction of sp³-hybridized carbons (Fsp3) is 0.550. The number of piperidine rings is 1. The summed E-state index contributed by atoms with van der Waals surface area (Å²) >= 11 is 0. The number of ether oxygens (including phenoxy) is 2. The van der Waals surface area contributed by atoms with E-state index in [-0.39, 0.29) is 12.5 Å². The van der Waals surface area contributed by atoms with Crippen LogP contribution in [0.25, 0.3) is 0 Å². The van der Waals surface area contributed by atoms with Gasteiger partial charge >= 0.3 is 0 Å². The molecule has 1 aromatic carbocycles. The number of amides is 1. The molecule has 0 radical (unpaired) electrons. The summed E-state index contributed by atoms with van der Waals surface area (Å²) in [6.07, 6.45) is 4.10. The molecule has 7 nitrogen and oxygen atoms in total. The molecule has 144 valence electrons. The number of para-hydroxylation sites is 1. The zero-order valence-electron chi connectivity index (χ0n) is 15.5. The number of nitrogens with zero attached hydrogens (tertiary/aromatic N) is 4. The van der Waals surface area contributed by atoms with Crippen molar-refractivity contribution in [2.24, 2.45) is 0 Å². The number of aryl methyl sites for hydroxylation is 1. The van der Waals surface area contributed by atoms with Crippen LogP contribution in [0.2, 0.25) is 0 Å². The largest absolute Gasteiger partial charge is 0.491 e. The Morgan fingerprint density at radius 1 is 1.07 bits per heavy atom. The lowest BCUT2D eigenvalue weighted by atomic mass is 9.96. The van der Waals surface area contributed by atoms with Crippen LogP contribution in [0.1, 0.15) is 36.8 Å². The molecule has 1 amide bonds. The number of fused-ring (bicyclic) bond motifs is 1. The number of likely N-dealkylation sites (tertiary alicyclic amines) is 1. The average Bonchev–Trinajstić information content (AvgIpc) is 3.32. The lowest BCUT2D eigenvalue weighted by Crippen LogP contribution is -2.40. The van der Waals surface area contributed by atoms with Gasteiger partial charge in [0.05, 0.1) is 6.61 Å². The van der Waals surface area contributed by atoms with Gasteiger partial charge in [-0.2, -0.15) is 0 Å². The summed E-state index contributed by atoms with van der Waals surface area (Å²) < 4.78 is 13.3. The predicted octanol–water partition coefficient (Wildman–Crippen LogP) is 2.03. The third-order valence-corrected chi connectivity index (χ3v) is 5.32. The Labute approximate surface area is 159 Å². The van der Waals surface area contributed by atoms with Crippen molar-refractivity contribution in [1.82, 2.24) is 19.7 Å². The number of rotatable bonds is 7. The Kier molecular flexibility index (Phi) is 5.67. The van der Waals surface area contributed by atoms with Crippen LogP contribution >= 0.6 is 0 Å². The van der Waals surface area contributed by atoms with Crippen molar-refractivity contribution in [2.45, 2.75) is 38.1 Å². The van der Waals surface area contributed by atoms with E-state index in [9.17, 15) is 4.79 Å². The van der Waals surface area contributed by atoms with Gasteiger partial charge in [0.15, 0.2) is 0 Å². The molecule has 1 aromatic heterocycles. The fourth-order valence-electron chi connectivity index (χ4n) is 3.85. The molecule has 2 aromatic rings. The van der Waals surface area contributed by atoms with Gasteiger partial charge < -0.3 is 18.9 Å². The molecule has 4 rings (SSSR count). The highest BCUT2D eigenvalue weighted by Gasteiger charge is 2.29. The van der Waals surface area contributed by atoms with Gasteiger partial charge in [0.25, 0.3) is 0 Å².